The van der Waals surface area contributed by atoms with Crippen molar-refractivity contribution in [2.45, 2.75) is 0 Å². The van der Waals surface area contributed by atoms with Crippen LogP contribution in [0.5, 0.6) is 0 Å². The van der Waals surface area contributed by atoms with Crippen molar-refractivity contribution in [3.63, 3.8) is 0 Å². The highest BCUT2D eigenvalue weighted by atomic mass is 16.6. The lowest BCUT2D eigenvalue weighted by molar-refractivity contribution is -0.384. The summed E-state index contributed by atoms with van der Waals surface area (Å²) in [4.78, 5) is 20.9. The van der Waals surface area contributed by atoms with Crippen molar-refractivity contribution in [3.05, 3.63) is 40.1 Å². The minimum absolute atomic E-state index is 0.0463. The fraction of sp³-hybridized carbons (Fsp3) is 0.100. The number of non-ortho nitro benzene ring substituents is 1. The maximum atomic E-state index is 10.9. The number of hydrogen-bond acceptors (Lipinski definition) is 3. The van der Waals surface area contributed by atoms with Gasteiger partial charge in [-0.05, 0) is 12.1 Å². The van der Waals surface area contributed by atoms with Crippen LogP contribution in [-0.2, 0) is 7.05 Å². The summed E-state index contributed by atoms with van der Waals surface area (Å²) in [6, 6.07) is 5.68. The molecule has 82 valence electrons. The second kappa shape index (κ2) is 3.34. The number of fused-ring (bicyclic) bond motifs is 1. The molecule has 0 aliphatic rings. The molecule has 1 aromatic carbocycles. The molecule has 0 amide bonds. The molecule has 0 aliphatic carbocycles. The molecule has 2 aromatic rings. The number of aromatic carboxylic acids is 1. The van der Waals surface area contributed by atoms with Crippen LogP contribution < -0.4 is 0 Å². The summed E-state index contributed by atoms with van der Waals surface area (Å²) in [7, 11) is 1.61. The first kappa shape index (κ1) is 10.2. The number of aryl methyl sites for hydroxylation is 1. The summed E-state index contributed by atoms with van der Waals surface area (Å²) >= 11 is 0. The van der Waals surface area contributed by atoms with Gasteiger partial charge in [-0.2, -0.15) is 0 Å². The van der Waals surface area contributed by atoms with Crippen LogP contribution in [0, 0.1) is 10.1 Å². The van der Waals surface area contributed by atoms with Crippen LogP contribution >= 0.6 is 0 Å². The lowest BCUT2D eigenvalue weighted by Crippen LogP contribution is -2.03. The number of benzene rings is 1. The maximum absolute atomic E-state index is 10.9. The molecule has 6 nitrogen and oxygen atoms in total. The van der Waals surface area contributed by atoms with Crippen LogP contribution in [0.15, 0.2) is 24.3 Å². The Morgan fingerprint density at radius 3 is 2.69 bits per heavy atom. The smallest absolute Gasteiger partial charge is 0.352 e. The van der Waals surface area contributed by atoms with E-state index in [0.29, 0.717) is 10.9 Å². The van der Waals surface area contributed by atoms with Crippen LogP contribution in [0.3, 0.4) is 0 Å². The molecular formula is C10H8N2O4. The zero-order valence-corrected chi connectivity index (χ0v) is 8.38. The molecule has 2 rings (SSSR count). The van der Waals surface area contributed by atoms with E-state index in [1.807, 2.05) is 0 Å². The van der Waals surface area contributed by atoms with Gasteiger partial charge in [-0.25, -0.2) is 4.79 Å². The summed E-state index contributed by atoms with van der Waals surface area (Å²) in [5.74, 6) is -1.05. The number of carbonyl (C=O) groups is 1. The first-order chi connectivity index (χ1) is 7.50. The van der Waals surface area contributed by atoms with Crippen molar-refractivity contribution in [1.82, 2.24) is 4.57 Å². The van der Waals surface area contributed by atoms with Crippen molar-refractivity contribution in [1.29, 1.82) is 0 Å². The van der Waals surface area contributed by atoms with Gasteiger partial charge >= 0.3 is 5.97 Å². The van der Waals surface area contributed by atoms with E-state index in [0.717, 1.165) is 0 Å². The largest absolute Gasteiger partial charge is 0.477 e. The predicted molar refractivity (Wildman–Crippen MR) is 56.5 cm³/mol. The van der Waals surface area contributed by atoms with E-state index in [1.165, 1.54) is 22.8 Å². The van der Waals surface area contributed by atoms with Crippen LogP contribution in [0.25, 0.3) is 10.9 Å². The van der Waals surface area contributed by atoms with E-state index in [-0.39, 0.29) is 11.4 Å². The average molecular weight is 220 g/mol. The molecule has 0 fully saturated rings. The van der Waals surface area contributed by atoms with E-state index < -0.39 is 10.9 Å². The molecule has 6 heteroatoms. The second-order valence-electron chi connectivity index (χ2n) is 3.39. The normalized spacial score (nSPS) is 10.6. The molecule has 0 saturated carbocycles. The lowest BCUT2D eigenvalue weighted by Gasteiger charge is -1.98. The van der Waals surface area contributed by atoms with Gasteiger partial charge in [0.05, 0.1) is 4.92 Å². The number of nitro benzene ring substituents is 1. The standard InChI is InChI=1S/C10H8N2O4/c1-11-8-3-2-7(12(15)16)4-6(8)5-9(11)10(13)14/h2-5H,1H3,(H,13,14). The van der Waals surface area contributed by atoms with Gasteiger partial charge in [0, 0.05) is 30.1 Å². The summed E-state index contributed by atoms with van der Waals surface area (Å²) in [5.41, 5.74) is 0.716. The highest BCUT2D eigenvalue weighted by molar-refractivity contribution is 5.95. The Morgan fingerprint density at radius 1 is 1.44 bits per heavy atom. The minimum atomic E-state index is -1.05. The Bertz CT molecular complexity index is 600. The zero-order chi connectivity index (χ0) is 11.9. The maximum Gasteiger partial charge on any atom is 0.352 e. The van der Waals surface area contributed by atoms with Gasteiger partial charge in [-0.15, -0.1) is 0 Å². The third kappa shape index (κ3) is 1.40. The molecule has 16 heavy (non-hydrogen) atoms. The number of rotatable bonds is 2. The molecular weight excluding hydrogens is 212 g/mol. The number of nitrogens with zero attached hydrogens (tertiary/aromatic N) is 2. The van der Waals surface area contributed by atoms with Gasteiger partial charge < -0.3 is 9.67 Å². The van der Waals surface area contributed by atoms with Crippen molar-refractivity contribution < 1.29 is 14.8 Å². The Hall–Kier alpha value is -2.37. The van der Waals surface area contributed by atoms with Gasteiger partial charge in [0.1, 0.15) is 5.69 Å². The molecule has 0 saturated heterocycles. The molecule has 1 N–H and O–H groups in total. The summed E-state index contributed by atoms with van der Waals surface area (Å²) in [6.07, 6.45) is 0. The molecule has 0 spiro atoms. The number of nitro groups is 1. The summed E-state index contributed by atoms with van der Waals surface area (Å²) in [6.45, 7) is 0. The van der Waals surface area contributed by atoms with Crippen LogP contribution in [0.2, 0.25) is 0 Å². The van der Waals surface area contributed by atoms with Crippen molar-refractivity contribution in [3.8, 4) is 0 Å². The second-order valence-corrected chi connectivity index (χ2v) is 3.39. The first-order valence-corrected chi connectivity index (χ1v) is 4.48. The predicted octanol–water partition coefficient (Wildman–Crippen LogP) is 1.78. The van der Waals surface area contributed by atoms with E-state index in [9.17, 15) is 14.9 Å². The van der Waals surface area contributed by atoms with Crippen molar-refractivity contribution in [2.75, 3.05) is 0 Å². The van der Waals surface area contributed by atoms with Crippen LogP contribution in [0.1, 0.15) is 10.5 Å². The van der Waals surface area contributed by atoms with Gasteiger partial charge in [0.15, 0.2) is 0 Å². The molecule has 0 unspecified atom stereocenters. The fourth-order valence-corrected chi connectivity index (χ4v) is 1.66. The number of carboxylic acids is 1. The van der Waals surface area contributed by atoms with Gasteiger partial charge in [-0.1, -0.05) is 0 Å². The molecule has 0 radical (unpaired) electrons. The minimum Gasteiger partial charge on any atom is -0.477 e. The van der Waals surface area contributed by atoms with Crippen LogP contribution in [0.4, 0.5) is 5.69 Å². The zero-order valence-electron chi connectivity index (χ0n) is 8.38. The Kier molecular flexibility index (Phi) is 2.12. The third-order valence-electron chi connectivity index (χ3n) is 2.46. The Balaban J connectivity index is 2.72. The fourth-order valence-electron chi connectivity index (χ4n) is 1.66. The van der Waals surface area contributed by atoms with Crippen molar-refractivity contribution in [2.24, 2.45) is 7.05 Å². The number of aromatic nitrogens is 1. The SMILES string of the molecule is Cn1c(C(=O)O)cc2cc([N+](=O)[O-])ccc21. The number of carboxylic acid groups (broad SMARTS) is 1. The summed E-state index contributed by atoms with van der Waals surface area (Å²) < 4.78 is 1.49. The number of hydrogen-bond donors (Lipinski definition) is 1. The highest BCUT2D eigenvalue weighted by Crippen LogP contribution is 2.23. The Morgan fingerprint density at radius 2 is 2.12 bits per heavy atom. The van der Waals surface area contributed by atoms with Crippen molar-refractivity contribution >= 4 is 22.6 Å². The van der Waals surface area contributed by atoms with Crippen LogP contribution in [-0.4, -0.2) is 20.6 Å². The lowest BCUT2D eigenvalue weighted by atomic mass is 10.2. The van der Waals surface area contributed by atoms with E-state index >= 15 is 0 Å². The topological polar surface area (TPSA) is 85.4 Å². The van der Waals surface area contributed by atoms with E-state index in [2.05, 4.69) is 0 Å². The monoisotopic (exact) mass is 220 g/mol. The quantitative estimate of drug-likeness (QED) is 0.617. The molecule has 1 heterocycles. The van der Waals surface area contributed by atoms with Gasteiger partial charge in [0.2, 0.25) is 0 Å². The Labute approximate surface area is 89.9 Å². The van der Waals surface area contributed by atoms with Gasteiger partial charge in [0.25, 0.3) is 5.69 Å². The summed E-state index contributed by atoms with van der Waals surface area (Å²) in [5, 5.41) is 20.0. The average Bonchev–Trinajstić information content (AvgIpc) is 2.55. The molecule has 0 bridgehead atoms. The van der Waals surface area contributed by atoms with E-state index in [4.69, 9.17) is 5.11 Å². The molecule has 0 aliphatic heterocycles. The third-order valence-corrected chi connectivity index (χ3v) is 2.46. The molecule has 1 aromatic heterocycles. The first-order valence-electron chi connectivity index (χ1n) is 4.48. The van der Waals surface area contributed by atoms with E-state index in [1.54, 1.807) is 13.1 Å². The molecule has 0 atom stereocenters. The van der Waals surface area contributed by atoms with Gasteiger partial charge in [-0.3, -0.25) is 10.1 Å². The highest BCUT2D eigenvalue weighted by Gasteiger charge is 2.14.